The van der Waals surface area contributed by atoms with Gasteiger partial charge in [-0.15, -0.1) is 0 Å². The average Bonchev–Trinajstić information content (AvgIpc) is 2.41. The topological polar surface area (TPSA) is 24.1 Å². The van der Waals surface area contributed by atoms with E-state index in [1.54, 1.807) is 0 Å². The van der Waals surface area contributed by atoms with Crippen LogP contribution in [-0.2, 0) is 0 Å². The predicted molar refractivity (Wildman–Crippen MR) is 43.9 cm³/mol. The Morgan fingerprint density at radius 3 is 2.50 bits per heavy atom. The largest absolute Gasteiger partial charge is 0.301 e. The molecule has 1 saturated heterocycles. The number of hydrogen-bond acceptors (Lipinski definition) is 2. The zero-order valence-corrected chi connectivity index (χ0v) is 6.82. The molecule has 2 nitrogen and oxygen atoms in total. The van der Waals surface area contributed by atoms with Crippen molar-refractivity contribution in [3.63, 3.8) is 0 Å². The molecule has 0 amide bonds. The van der Waals surface area contributed by atoms with Crippen molar-refractivity contribution in [1.29, 1.82) is 0 Å². The monoisotopic (exact) mass is 142 g/mol. The molecule has 1 rings (SSSR count). The quantitative estimate of drug-likeness (QED) is 0.574. The van der Waals surface area contributed by atoms with Gasteiger partial charge in [0, 0.05) is 13.1 Å². The summed E-state index contributed by atoms with van der Waals surface area (Å²) >= 11 is 0. The van der Waals surface area contributed by atoms with Crippen molar-refractivity contribution < 1.29 is 0 Å². The molecule has 0 atom stereocenters. The van der Waals surface area contributed by atoms with Gasteiger partial charge in [-0.05, 0) is 6.42 Å². The summed E-state index contributed by atoms with van der Waals surface area (Å²) in [6.07, 6.45) is 5.98. The number of nitrogens with one attached hydrogen (secondary N) is 2. The standard InChI is InChI=1S/C8H18N2/c1-2-3-4-5-8-9-6-7-10-8/h8-10H,2-7H2,1H3. The van der Waals surface area contributed by atoms with E-state index >= 15 is 0 Å². The molecule has 10 heavy (non-hydrogen) atoms. The fraction of sp³-hybridized carbons (Fsp3) is 1.00. The van der Waals surface area contributed by atoms with Crippen LogP contribution in [0.5, 0.6) is 0 Å². The Morgan fingerprint density at radius 2 is 1.90 bits per heavy atom. The molecule has 0 unspecified atom stereocenters. The van der Waals surface area contributed by atoms with Crippen LogP contribution in [0.1, 0.15) is 32.6 Å². The highest BCUT2D eigenvalue weighted by molar-refractivity contribution is 4.71. The van der Waals surface area contributed by atoms with Crippen LogP contribution >= 0.6 is 0 Å². The molecule has 0 aromatic rings. The lowest BCUT2D eigenvalue weighted by atomic mass is 10.2. The summed E-state index contributed by atoms with van der Waals surface area (Å²) < 4.78 is 0. The maximum atomic E-state index is 3.40. The van der Waals surface area contributed by atoms with Gasteiger partial charge in [-0.2, -0.15) is 0 Å². The molecule has 1 fully saturated rings. The van der Waals surface area contributed by atoms with Crippen molar-refractivity contribution >= 4 is 0 Å². The lowest BCUT2D eigenvalue weighted by Crippen LogP contribution is -2.30. The highest BCUT2D eigenvalue weighted by atomic mass is 15.2. The van der Waals surface area contributed by atoms with E-state index in [0.29, 0.717) is 6.17 Å². The molecule has 1 aliphatic heterocycles. The molecule has 0 spiro atoms. The minimum Gasteiger partial charge on any atom is -0.301 e. The molecule has 0 aromatic carbocycles. The zero-order valence-electron chi connectivity index (χ0n) is 6.82. The number of unbranched alkanes of at least 4 members (excludes halogenated alkanes) is 2. The molecule has 60 valence electrons. The van der Waals surface area contributed by atoms with Crippen LogP contribution in [-0.4, -0.2) is 19.3 Å². The van der Waals surface area contributed by atoms with Gasteiger partial charge in [0.2, 0.25) is 0 Å². The van der Waals surface area contributed by atoms with Crippen LogP contribution in [0.4, 0.5) is 0 Å². The maximum absolute atomic E-state index is 3.40. The van der Waals surface area contributed by atoms with Gasteiger partial charge >= 0.3 is 0 Å². The Hall–Kier alpha value is -0.0800. The van der Waals surface area contributed by atoms with Crippen LogP contribution in [0.2, 0.25) is 0 Å². The minimum atomic E-state index is 0.617. The third kappa shape index (κ3) is 2.67. The second kappa shape index (κ2) is 4.69. The Balaban J connectivity index is 1.91. The summed E-state index contributed by atoms with van der Waals surface area (Å²) in [5.74, 6) is 0. The van der Waals surface area contributed by atoms with Crippen molar-refractivity contribution in [2.45, 2.75) is 38.8 Å². The first kappa shape index (κ1) is 8.02. The van der Waals surface area contributed by atoms with E-state index in [1.165, 1.54) is 25.7 Å². The van der Waals surface area contributed by atoms with Gasteiger partial charge < -0.3 is 10.6 Å². The first-order valence-electron chi connectivity index (χ1n) is 4.40. The van der Waals surface area contributed by atoms with E-state index in [9.17, 15) is 0 Å². The van der Waals surface area contributed by atoms with Crippen molar-refractivity contribution in [2.24, 2.45) is 0 Å². The highest BCUT2D eigenvalue weighted by Crippen LogP contribution is 2.02. The Morgan fingerprint density at radius 1 is 1.20 bits per heavy atom. The van der Waals surface area contributed by atoms with Crippen LogP contribution in [0.3, 0.4) is 0 Å². The first-order valence-corrected chi connectivity index (χ1v) is 4.40. The second-order valence-electron chi connectivity index (χ2n) is 2.96. The van der Waals surface area contributed by atoms with Gasteiger partial charge in [-0.3, -0.25) is 0 Å². The third-order valence-corrected chi connectivity index (χ3v) is 2.00. The molecule has 0 radical (unpaired) electrons. The summed E-state index contributed by atoms with van der Waals surface area (Å²) in [7, 11) is 0. The van der Waals surface area contributed by atoms with Crippen LogP contribution in [0.25, 0.3) is 0 Å². The zero-order chi connectivity index (χ0) is 7.23. The maximum Gasteiger partial charge on any atom is 0.0572 e. The van der Waals surface area contributed by atoms with Gasteiger partial charge in [-0.1, -0.05) is 26.2 Å². The summed E-state index contributed by atoms with van der Waals surface area (Å²) in [4.78, 5) is 0. The molecular formula is C8H18N2. The smallest absolute Gasteiger partial charge is 0.0572 e. The molecule has 2 heteroatoms. The van der Waals surface area contributed by atoms with Crippen LogP contribution in [0, 0.1) is 0 Å². The normalized spacial score (nSPS) is 20.1. The van der Waals surface area contributed by atoms with Crippen molar-refractivity contribution in [1.82, 2.24) is 10.6 Å². The molecule has 2 N–H and O–H groups in total. The third-order valence-electron chi connectivity index (χ3n) is 2.00. The number of rotatable bonds is 4. The van der Waals surface area contributed by atoms with Crippen molar-refractivity contribution in [2.75, 3.05) is 13.1 Å². The van der Waals surface area contributed by atoms with Gasteiger partial charge in [0.1, 0.15) is 0 Å². The van der Waals surface area contributed by atoms with E-state index in [1.807, 2.05) is 0 Å². The van der Waals surface area contributed by atoms with Gasteiger partial charge in [-0.25, -0.2) is 0 Å². The van der Waals surface area contributed by atoms with Gasteiger partial charge in [0.25, 0.3) is 0 Å². The summed E-state index contributed by atoms with van der Waals surface area (Å²) in [5.41, 5.74) is 0. The molecule has 1 heterocycles. The molecular weight excluding hydrogens is 124 g/mol. The van der Waals surface area contributed by atoms with E-state index in [0.717, 1.165) is 13.1 Å². The van der Waals surface area contributed by atoms with E-state index in [-0.39, 0.29) is 0 Å². The number of hydrogen-bond donors (Lipinski definition) is 2. The molecule has 0 aliphatic carbocycles. The minimum absolute atomic E-state index is 0.617. The SMILES string of the molecule is CCCCCC1NCCN1. The fourth-order valence-electron chi connectivity index (χ4n) is 1.37. The summed E-state index contributed by atoms with van der Waals surface area (Å²) in [5, 5.41) is 6.81. The lowest BCUT2D eigenvalue weighted by molar-refractivity contribution is 0.484. The Kier molecular flexibility index (Phi) is 3.76. The highest BCUT2D eigenvalue weighted by Gasteiger charge is 2.10. The molecule has 0 saturated carbocycles. The first-order chi connectivity index (χ1) is 4.93. The van der Waals surface area contributed by atoms with E-state index in [4.69, 9.17) is 0 Å². The van der Waals surface area contributed by atoms with E-state index < -0.39 is 0 Å². The predicted octanol–water partition coefficient (Wildman–Crippen LogP) is 1.09. The van der Waals surface area contributed by atoms with Crippen molar-refractivity contribution in [3.8, 4) is 0 Å². The molecule has 1 aliphatic rings. The summed E-state index contributed by atoms with van der Waals surface area (Å²) in [6.45, 7) is 4.54. The lowest BCUT2D eigenvalue weighted by Gasteiger charge is -2.08. The summed E-state index contributed by atoms with van der Waals surface area (Å²) in [6, 6.07) is 0. The van der Waals surface area contributed by atoms with Crippen LogP contribution in [0.15, 0.2) is 0 Å². The second-order valence-corrected chi connectivity index (χ2v) is 2.96. The van der Waals surface area contributed by atoms with Gasteiger partial charge in [0.15, 0.2) is 0 Å². The average molecular weight is 142 g/mol. The molecule has 0 bridgehead atoms. The van der Waals surface area contributed by atoms with Gasteiger partial charge in [0.05, 0.1) is 6.17 Å². The van der Waals surface area contributed by atoms with E-state index in [2.05, 4.69) is 17.6 Å². The Labute approximate surface area is 63.4 Å². The Bertz CT molecular complexity index is 77.3. The van der Waals surface area contributed by atoms with Crippen LogP contribution < -0.4 is 10.6 Å². The molecule has 0 aromatic heterocycles. The van der Waals surface area contributed by atoms with Crippen molar-refractivity contribution in [3.05, 3.63) is 0 Å². The fourth-order valence-corrected chi connectivity index (χ4v) is 1.37.